The molecule has 3 rings (SSSR count). The molecule has 102 valence electrons. The Morgan fingerprint density at radius 1 is 1.32 bits per heavy atom. The molecule has 1 unspecified atom stereocenters. The second-order valence-corrected chi connectivity index (χ2v) is 5.48. The highest BCUT2D eigenvalue weighted by molar-refractivity contribution is 5.80. The average Bonchev–Trinajstić information content (AvgIpc) is 3.16. The summed E-state index contributed by atoms with van der Waals surface area (Å²) < 4.78 is 13.8. The highest BCUT2D eigenvalue weighted by Crippen LogP contribution is 2.34. The van der Waals surface area contributed by atoms with Crippen LogP contribution in [0.2, 0.25) is 0 Å². The van der Waals surface area contributed by atoms with Crippen molar-refractivity contribution in [2.45, 2.75) is 31.8 Å². The summed E-state index contributed by atoms with van der Waals surface area (Å²) in [5.41, 5.74) is 0.569. The normalized spacial score (nSPS) is 23.1. The van der Waals surface area contributed by atoms with Crippen molar-refractivity contribution >= 4 is 5.91 Å². The van der Waals surface area contributed by atoms with Gasteiger partial charge >= 0.3 is 0 Å². The first kappa shape index (κ1) is 12.6. The van der Waals surface area contributed by atoms with Gasteiger partial charge in [-0.05, 0) is 24.8 Å². The number of carbonyl (C=O) groups is 1. The molecule has 0 bridgehead atoms. The summed E-state index contributed by atoms with van der Waals surface area (Å²) >= 11 is 0. The Labute approximate surface area is 112 Å². The SMILES string of the molecule is O=C1CNC(c2ccccc2F)N1CCCC1CC1. The first-order valence-electron chi connectivity index (χ1n) is 7.03. The average molecular weight is 262 g/mol. The van der Waals surface area contributed by atoms with Gasteiger partial charge in [-0.15, -0.1) is 0 Å². The first-order chi connectivity index (χ1) is 9.25. The number of hydrogen-bond acceptors (Lipinski definition) is 2. The lowest BCUT2D eigenvalue weighted by atomic mass is 10.1. The van der Waals surface area contributed by atoms with Crippen LogP contribution in [0.4, 0.5) is 4.39 Å². The lowest BCUT2D eigenvalue weighted by Crippen LogP contribution is -2.31. The second-order valence-electron chi connectivity index (χ2n) is 5.48. The fourth-order valence-corrected chi connectivity index (χ4v) is 2.73. The first-order valence-corrected chi connectivity index (χ1v) is 7.03. The number of carbonyl (C=O) groups excluding carboxylic acids is 1. The summed E-state index contributed by atoms with van der Waals surface area (Å²) in [5, 5.41) is 3.10. The predicted octanol–water partition coefficient (Wildman–Crippen LogP) is 2.45. The molecule has 4 heteroatoms. The minimum atomic E-state index is -0.298. The third kappa shape index (κ3) is 2.78. The largest absolute Gasteiger partial charge is 0.322 e. The van der Waals surface area contributed by atoms with Crippen molar-refractivity contribution in [1.82, 2.24) is 10.2 Å². The smallest absolute Gasteiger partial charge is 0.238 e. The molecule has 1 aliphatic carbocycles. The monoisotopic (exact) mass is 262 g/mol. The lowest BCUT2D eigenvalue weighted by Gasteiger charge is -2.25. The Morgan fingerprint density at radius 2 is 2.11 bits per heavy atom. The van der Waals surface area contributed by atoms with Gasteiger partial charge < -0.3 is 4.90 Å². The van der Waals surface area contributed by atoms with Gasteiger partial charge in [-0.25, -0.2) is 4.39 Å². The van der Waals surface area contributed by atoms with Gasteiger partial charge in [0, 0.05) is 12.1 Å². The molecule has 19 heavy (non-hydrogen) atoms. The van der Waals surface area contributed by atoms with Crippen LogP contribution in [0, 0.1) is 11.7 Å². The Bertz CT molecular complexity index is 473. The van der Waals surface area contributed by atoms with Crippen molar-refractivity contribution in [3.05, 3.63) is 35.6 Å². The summed E-state index contributed by atoms with van der Waals surface area (Å²) in [5.74, 6) is 0.698. The van der Waals surface area contributed by atoms with E-state index >= 15 is 0 Å². The third-order valence-corrected chi connectivity index (χ3v) is 3.99. The minimum absolute atomic E-state index is 0.0732. The van der Waals surface area contributed by atoms with E-state index in [0.717, 1.165) is 18.9 Å². The highest BCUT2D eigenvalue weighted by Gasteiger charge is 2.33. The number of nitrogens with zero attached hydrogens (tertiary/aromatic N) is 1. The molecule has 1 aromatic carbocycles. The summed E-state index contributed by atoms with van der Waals surface area (Å²) in [4.78, 5) is 13.7. The second kappa shape index (κ2) is 5.29. The van der Waals surface area contributed by atoms with E-state index in [4.69, 9.17) is 0 Å². The molecule has 1 heterocycles. The number of amides is 1. The maximum Gasteiger partial charge on any atom is 0.238 e. The van der Waals surface area contributed by atoms with Crippen molar-refractivity contribution in [1.29, 1.82) is 0 Å². The van der Waals surface area contributed by atoms with Crippen LogP contribution in [0.1, 0.15) is 37.4 Å². The molecule has 1 aromatic rings. The molecular weight excluding hydrogens is 243 g/mol. The van der Waals surface area contributed by atoms with E-state index in [1.807, 2.05) is 6.07 Å². The van der Waals surface area contributed by atoms with Gasteiger partial charge in [-0.1, -0.05) is 31.0 Å². The van der Waals surface area contributed by atoms with E-state index < -0.39 is 0 Å². The van der Waals surface area contributed by atoms with Crippen LogP contribution in [-0.4, -0.2) is 23.9 Å². The summed E-state index contributed by atoms with van der Waals surface area (Å²) in [6, 6.07) is 6.68. The Hall–Kier alpha value is -1.42. The van der Waals surface area contributed by atoms with Crippen molar-refractivity contribution in [2.24, 2.45) is 5.92 Å². The number of rotatable bonds is 5. The van der Waals surface area contributed by atoms with Gasteiger partial charge in [0.2, 0.25) is 5.91 Å². The standard InChI is InChI=1S/C15H19FN2O/c16-13-6-2-1-5-12(13)15-17-10-14(19)18(15)9-3-4-11-7-8-11/h1-2,5-6,11,15,17H,3-4,7-10H2. The molecule has 1 saturated heterocycles. The van der Waals surface area contributed by atoms with E-state index in [2.05, 4.69) is 5.32 Å². The molecule has 1 aliphatic heterocycles. The van der Waals surface area contributed by atoms with Gasteiger partial charge in [0.1, 0.15) is 12.0 Å². The maximum absolute atomic E-state index is 13.8. The quantitative estimate of drug-likeness (QED) is 0.884. The van der Waals surface area contributed by atoms with Crippen LogP contribution in [0.15, 0.2) is 24.3 Å². The molecule has 2 aliphatic rings. The number of hydrogen-bond donors (Lipinski definition) is 1. The summed E-state index contributed by atoms with van der Waals surface area (Å²) in [6.07, 6.45) is 4.58. The summed E-state index contributed by atoms with van der Waals surface area (Å²) in [6.45, 7) is 1.03. The zero-order valence-electron chi connectivity index (χ0n) is 10.9. The van der Waals surface area contributed by atoms with Crippen molar-refractivity contribution in [3.8, 4) is 0 Å². The molecule has 1 amide bonds. The topological polar surface area (TPSA) is 32.3 Å². The Morgan fingerprint density at radius 3 is 2.84 bits per heavy atom. The van der Waals surface area contributed by atoms with E-state index in [9.17, 15) is 9.18 Å². The third-order valence-electron chi connectivity index (χ3n) is 3.99. The van der Waals surface area contributed by atoms with Gasteiger partial charge in [0.25, 0.3) is 0 Å². The highest BCUT2D eigenvalue weighted by atomic mass is 19.1. The van der Waals surface area contributed by atoms with Gasteiger partial charge in [0.05, 0.1) is 6.54 Å². The van der Waals surface area contributed by atoms with Gasteiger partial charge in [0.15, 0.2) is 0 Å². The maximum atomic E-state index is 13.8. The predicted molar refractivity (Wildman–Crippen MR) is 70.8 cm³/mol. The molecule has 0 radical (unpaired) electrons. The molecule has 3 nitrogen and oxygen atoms in total. The Kier molecular flexibility index (Phi) is 3.51. The van der Waals surface area contributed by atoms with Crippen LogP contribution in [0.3, 0.4) is 0 Å². The molecule has 2 fully saturated rings. The van der Waals surface area contributed by atoms with Crippen LogP contribution >= 0.6 is 0 Å². The fraction of sp³-hybridized carbons (Fsp3) is 0.533. The van der Waals surface area contributed by atoms with Crippen LogP contribution in [0.5, 0.6) is 0 Å². The van der Waals surface area contributed by atoms with E-state index in [0.29, 0.717) is 12.1 Å². The molecule has 0 spiro atoms. The van der Waals surface area contributed by atoms with Crippen LogP contribution in [0.25, 0.3) is 0 Å². The number of halogens is 1. The lowest BCUT2D eigenvalue weighted by molar-refractivity contribution is -0.128. The molecule has 1 N–H and O–H groups in total. The van der Waals surface area contributed by atoms with E-state index in [1.165, 1.54) is 25.3 Å². The van der Waals surface area contributed by atoms with Crippen molar-refractivity contribution in [3.63, 3.8) is 0 Å². The van der Waals surface area contributed by atoms with Crippen molar-refractivity contribution < 1.29 is 9.18 Å². The molecule has 1 atom stereocenters. The van der Waals surface area contributed by atoms with Gasteiger partial charge in [-0.2, -0.15) is 0 Å². The summed E-state index contributed by atoms with van der Waals surface area (Å²) in [7, 11) is 0. The van der Waals surface area contributed by atoms with E-state index in [1.54, 1.807) is 17.0 Å². The zero-order valence-corrected chi connectivity index (χ0v) is 10.9. The van der Waals surface area contributed by atoms with Gasteiger partial charge in [-0.3, -0.25) is 10.1 Å². The van der Waals surface area contributed by atoms with Crippen molar-refractivity contribution in [2.75, 3.05) is 13.1 Å². The molecule has 1 saturated carbocycles. The molecular formula is C15H19FN2O. The molecule has 0 aromatic heterocycles. The zero-order chi connectivity index (χ0) is 13.2. The van der Waals surface area contributed by atoms with Crippen LogP contribution in [-0.2, 0) is 4.79 Å². The number of benzene rings is 1. The minimum Gasteiger partial charge on any atom is -0.322 e. The Balaban J connectivity index is 1.68. The number of nitrogens with one attached hydrogen (secondary N) is 1. The van der Waals surface area contributed by atoms with E-state index in [-0.39, 0.29) is 17.9 Å². The fourth-order valence-electron chi connectivity index (χ4n) is 2.73. The van der Waals surface area contributed by atoms with Crippen LogP contribution < -0.4 is 5.32 Å².